The quantitative estimate of drug-likeness (QED) is 0.653. The van der Waals surface area contributed by atoms with Gasteiger partial charge in [-0.2, -0.15) is 0 Å². The molecule has 18 heavy (non-hydrogen) atoms. The summed E-state index contributed by atoms with van der Waals surface area (Å²) in [6, 6.07) is 14.4. The third-order valence-electron chi connectivity index (χ3n) is 3.18. The minimum absolute atomic E-state index is 0.0357. The zero-order chi connectivity index (χ0) is 13.1. The summed E-state index contributed by atoms with van der Waals surface area (Å²) in [5.74, 6) is 0. The van der Waals surface area contributed by atoms with E-state index in [2.05, 4.69) is 31.2 Å². The van der Waals surface area contributed by atoms with Gasteiger partial charge in [0.05, 0.1) is 5.38 Å². The first-order valence-corrected chi connectivity index (χ1v) is 6.84. The lowest BCUT2D eigenvalue weighted by molar-refractivity contribution is 0.909. The molecule has 0 aromatic heterocycles. The number of rotatable bonds is 3. The van der Waals surface area contributed by atoms with Crippen molar-refractivity contribution >= 4 is 23.2 Å². The fourth-order valence-electron chi connectivity index (χ4n) is 2.00. The van der Waals surface area contributed by atoms with Crippen LogP contribution in [-0.2, 0) is 6.42 Å². The van der Waals surface area contributed by atoms with Crippen molar-refractivity contribution in [3.63, 3.8) is 0 Å². The summed E-state index contributed by atoms with van der Waals surface area (Å²) >= 11 is 12.6. The van der Waals surface area contributed by atoms with Gasteiger partial charge in [0.15, 0.2) is 0 Å². The molecule has 0 aliphatic heterocycles. The molecule has 0 aliphatic rings. The maximum Gasteiger partial charge on any atom is 0.0628 e. The van der Waals surface area contributed by atoms with Crippen molar-refractivity contribution in [2.75, 3.05) is 0 Å². The van der Waals surface area contributed by atoms with Gasteiger partial charge in [-0.05, 0) is 43.0 Å². The molecule has 0 amide bonds. The molecule has 2 aromatic carbocycles. The van der Waals surface area contributed by atoms with E-state index in [1.807, 2.05) is 25.1 Å². The molecular formula is C16H16Cl2. The average molecular weight is 279 g/mol. The highest BCUT2D eigenvalue weighted by Crippen LogP contribution is 2.30. The van der Waals surface area contributed by atoms with Gasteiger partial charge < -0.3 is 0 Å². The van der Waals surface area contributed by atoms with E-state index in [-0.39, 0.29) is 5.38 Å². The molecule has 0 radical (unpaired) electrons. The summed E-state index contributed by atoms with van der Waals surface area (Å²) in [6.45, 7) is 4.10. The second-order valence-electron chi connectivity index (χ2n) is 4.61. The minimum atomic E-state index is -0.0357. The Labute approximate surface area is 119 Å². The van der Waals surface area contributed by atoms with E-state index in [9.17, 15) is 0 Å². The number of hydrogen-bond donors (Lipinski definition) is 0. The summed E-state index contributed by atoms with van der Waals surface area (Å²) in [7, 11) is 0. The van der Waals surface area contributed by atoms with Gasteiger partial charge in [0.25, 0.3) is 0 Å². The molecule has 0 saturated heterocycles. The monoisotopic (exact) mass is 278 g/mol. The highest BCUT2D eigenvalue weighted by atomic mass is 35.5. The van der Waals surface area contributed by atoms with Crippen molar-refractivity contribution < 1.29 is 0 Å². The molecule has 0 bridgehead atoms. The Morgan fingerprint density at radius 2 is 1.67 bits per heavy atom. The van der Waals surface area contributed by atoms with Crippen LogP contribution in [0, 0.1) is 13.8 Å². The van der Waals surface area contributed by atoms with E-state index in [1.54, 1.807) is 0 Å². The maximum absolute atomic E-state index is 6.50. The fourth-order valence-corrected chi connectivity index (χ4v) is 2.60. The Morgan fingerprint density at radius 3 is 2.33 bits per heavy atom. The van der Waals surface area contributed by atoms with Crippen LogP contribution >= 0.6 is 23.2 Å². The largest absolute Gasteiger partial charge is 0.117 e. The normalized spacial score (nSPS) is 12.4. The van der Waals surface area contributed by atoms with Crippen LogP contribution in [0.5, 0.6) is 0 Å². The Kier molecular flexibility index (Phi) is 4.31. The predicted molar refractivity (Wildman–Crippen MR) is 79.7 cm³/mol. The molecule has 0 aliphatic carbocycles. The average Bonchev–Trinajstić information content (AvgIpc) is 2.35. The number of halogens is 2. The van der Waals surface area contributed by atoms with Gasteiger partial charge in [-0.15, -0.1) is 11.6 Å². The maximum atomic E-state index is 6.50. The van der Waals surface area contributed by atoms with Crippen molar-refractivity contribution in [3.8, 4) is 0 Å². The van der Waals surface area contributed by atoms with Gasteiger partial charge >= 0.3 is 0 Å². The van der Waals surface area contributed by atoms with Crippen LogP contribution in [0.2, 0.25) is 5.02 Å². The van der Waals surface area contributed by atoms with Crippen molar-refractivity contribution in [1.29, 1.82) is 0 Å². The second-order valence-corrected chi connectivity index (χ2v) is 5.55. The Balaban J connectivity index is 2.19. The standard InChI is InChI=1S/C16H16Cl2/c1-11-6-8-13(9-7-11)10-16(18)14-4-3-5-15(17)12(14)2/h3-9,16H,10H2,1-2H3. The summed E-state index contributed by atoms with van der Waals surface area (Å²) in [4.78, 5) is 0. The molecule has 0 saturated carbocycles. The SMILES string of the molecule is Cc1ccc(CC(Cl)c2cccc(Cl)c2C)cc1. The number of aryl methyl sites for hydroxylation is 1. The lowest BCUT2D eigenvalue weighted by Gasteiger charge is -2.14. The van der Waals surface area contributed by atoms with E-state index in [0.29, 0.717) is 0 Å². The van der Waals surface area contributed by atoms with Crippen LogP contribution in [0.25, 0.3) is 0 Å². The molecule has 2 rings (SSSR count). The molecule has 1 unspecified atom stereocenters. The second kappa shape index (κ2) is 5.77. The van der Waals surface area contributed by atoms with Crippen LogP contribution < -0.4 is 0 Å². The summed E-state index contributed by atoms with van der Waals surface area (Å²) in [5.41, 5.74) is 4.71. The van der Waals surface area contributed by atoms with E-state index in [4.69, 9.17) is 23.2 Å². The van der Waals surface area contributed by atoms with Crippen molar-refractivity contribution in [2.24, 2.45) is 0 Å². The molecule has 0 N–H and O–H groups in total. The van der Waals surface area contributed by atoms with Crippen LogP contribution in [0.4, 0.5) is 0 Å². The van der Waals surface area contributed by atoms with Gasteiger partial charge in [0.1, 0.15) is 0 Å². The van der Waals surface area contributed by atoms with Crippen molar-refractivity contribution in [2.45, 2.75) is 25.6 Å². The molecule has 0 fully saturated rings. The first-order chi connectivity index (χ1) is 8.58. The van der Waals surface area contributed by atoms with Gasteiger partial charge in [0, 0.05) is 5.02 Å². The number of alkyl halides is 1. The smallest absolute Gasteiger partial charge is 0.0628 e. The predicted octanol–water partition coefficient (Wildman–Crippen LogP) is 5.48. The van der Waals surface area contributed by atoms with Crippen molar-refractivity contribution in [1.82, 2.24) is 0 Å². The molecule has 2 heteroatoms. The minimum Gasteiger partial charge on any atom is -0.117 e. The third kappa shape index (κ3) is 3.07. The van der Waals surface area contributed by atoms with Gasteiger partial charge in [-0.1, -0.05) is 53.6 Å². The molecule has 94 valence electrons. The van der Waals surface area contributed by atoms with Crippen LogP contribution in [0.3, 0.4) is 0 Å². The van der Waals surface area contributed by atoms with Crippen LogP contribution in [0.15, 0.2) is 42.5 Å². The lowest BCUT2D eigenvalue weighted by Crippen LogP contribution is -1.99. The van der Waals surface area contributed by atoms with E-state index >= 15 is 0 Å². The highest BCUT2D eigenvalue weighted by Gasteiger charge is 2.12. The summed E-state index contributed by atoms with van der Waals surface area (Å²) < 4.78 is 0. The van der Waals surface area contributed by atoms with E-state index in [1.165, 1.54) is 11.1 Å². The molecular weight excluding hydrogens is 263 g/mol. The molecule has 2 aromatic rings. The molecule has 0 spiro atoms. The summed E-state index contributed by atoms with van der Waals surface area (Å²) in [6.07, 6.45) is 0.822. The molecule has 1 atom stereocenters. The van der Waals surface area contributed by atoms with E-state index < -0.39 is 0 Å². The fraction of sp³-hybridized carbons (Fsp3) is 0.250. The Bertz CT molecular complexity index is 529. The molecule has 0 heterocycles. The zero-order valence-corrected chi connectivity index (χ0v) is 12.1. The van der Waals surface area contributed by atoms with Gasteiger partial charge in [-0.25, -0.2) is 0 Å². The first kappa shape index (κ1) is 13.5. The Hall–Kier alpha value is -0.980. The Morgan fingerprint density at radius 1 is 1.00 bits per heavy atom. The summed E-state index contributed by atoms with van der Waals surface area (Å²) in [5, 5.41) is 0.744. The van der Waals surface area contributed by atoms with Gasteiger partial charge in [0.2, 0.25) is 0 Å². The zero-order valence-electron chi connectivity index (χ0n) is 10.6. The number of benzene rings is 2. The van der Waals surface area contributed by atoms with Crippen LogP contribution in [0.1, 0.15) is 27.6 Å². The first-order valence-electron chi connectivity index (χ1n) is 6.02. The number of hydrogen-bond acceptors (Lipinski definition) is 0. The third-order valence-corrected chi connectivity index (χ3v) is 3.98. The lowest BCUT2D eigenvalue weighted by atomic mass is 9.99. The highest BCUT2D eigenvalue weighted by molar-refractivity contribution is 6.31. The topological polar surface area (TPSA) is 0 Å². The molecule has 0 nitrogen and oxygen atoms in total. The van der Waals surface area contributed by atoms with Crippen LogP contribution in [-0.4, -0.2) is 0 Å². The van der Waals surface area contributed by atoms with Gasteiger partial charge in [-0.3, -0.25) is 0 Å². The van der Waals surface area contributed by atoms with E-state index in [0.717, 1.165) is 22.6 Å². The van der Waals surface area contributed by atoms with Crippen molar-refractivity contribution in [3.05, 3.63) is 69.7 Å².